The van der Waals surface area contributed by atoms with E-state index in [9.17, 15) is 0 Å². The van der Waals surface area contributed by atoms with Gasteiger partial charge < -0.3 is 15.0 Å². The van der Waals surface area contributed by atoms with Crippen molar-refractivity contribution in [1.29, 1.82) is 0 Å². The third kappa shape index (κ3) is 1.93. The van der Waals surface area contributed by atoms with E-state index in [0.29, 0.717) is 11.5 Å². The molecule has 0 radical (unpaired) electrons. The molecule has 1 aromatic carbocycles. The van der Waals surface area contributed by atoms with E-state index in [0.717, 1.165) is 17.7 Å². The predicted molar refractivity (Wildman–Crippen MR) is 78.8 cm³/mol. The van der Waals surface area contributed by atoms with Crippen molar-refractivity contribution in [3.8, 4) is 5.75 Å². The van der Waals surface area contributed by atoms with Gasteiger partial charge in [0.05, 0.1) is 12.6 Å². The molecule has 1 aromatic heterocycles. The highest BCUT2D eigenvalue weighted by molar-refractivity contribution is 5.90. The number of fused-ring (bicyclic) bond motifs is 3. The van der Waals surface area contributed by atoms with Gasteiger partial charge in [0, 0.05) is 17.1 Å². The van der Waals surface area contributed by atoms with Crippen LogP contribution in [-0.2, 0) is 6.42 Å². The van der Waals surface area contributed by atoms with Gasteiger partial charge in [-0.3, -0.25) is 0 Å². The van der Waals surface area contributed by atoms with E-state index < -0.39 is 0 Å². The zero-order valence-corrected chi connectivity index (χ0v) is 12.1. The van der Waals surface area contributed by atoms with E-state index in [-0.39, 0.29) is 0 Å². The number of nitrogens with one attached hydrogen (secondary N) is 2. The molecule has 1 atom stereocenters. The fraction of sp³-hybridized carbons (Fsp3) is 0.500. The lowest BCUT2D eigenvalue weighted by molar-refractivity contribution is 0.264. The van der Waals surface area contributed by atoms with Crippen molar-refractivity contribution < 1.29 is 4.74 Å². The average molecular weight is 258 g/mol. The van der Waals surface area contributed by atoms with Crippen LogP contribution < -0.4 is 10.1 Å². The van der Waals surface area contributed by atoms with Crippen molar-refractivity contribution in [2.75, 3.05) is 14.2 Å². The van der Waals surface area contributed by atoms with Gasteiger partial charge in [-0.15, -0.1) is 0 Å². The predicted octanol–water partition coefficient (Wildman–Crippen LogP) is 3.41. The number of hydrogen-bond donors (Lipinski definition) is 2. The van der Waals surface area contributed by atoms with Crippen molar-refractivity contribution in [2.24, 2.45) is 5.41 Å². The van der Waals surface area contributed by atoms with Crippen LogP contribution in [0.25, 0.3) is 10.9 Å². The second kappa shape index (κ2) is 4.27. The number of aromatic amines is 1. The third-order valence-electron chi connectivity index (χ3n) is 4.25. The largest absolute Gasteiger partial charge is 0.495 e. The second-order valence-electron chi connectivity index (χ2n) is 6.29. The van der Waals surface area contributed by atoms with E-state index >= 15 is 0 Å². The van der Waals surface area contributed by atoms with Crippen LogP contribution in [-0.4, -0.2) is 19.1 Å². The van der Waals surface area contributed by atoms with Gasteiger partial charge in [0.25, 0.3) is 0 Å². The fourth-order valence-electron chi connectivity index (χ4n) is 3.42. The summed E-state index contributed by atoms with van der Waals surface area (Å²) in [6, 6.07) is 6.70. The SMILES string of the molecule is CNC1CC(C)(C)Cc2[nH]c3c(OC)cccc3c21. The van der Waals surface area contributed by atoms with Crippen LogP contribution in [0.2, 0.25) is 0 Å². The molecular weight excluding hydrogens is 236 g/mol. The van der Waals surface area contributed by atoms with Gasteiger partial charge >= 0.3 is 0 Å². The lowest BCUT2D eigenvalue weighted by Crippen LogP contribution is -2.31. The van der Waals surface area contributed by atoms with Gasteiger partial charge in [-0.05, 0) is 36.9 Å². The molecular formula is C16H22N2O. The lowest BCUT2D eigenvalue weighted by atomic mass is 9.74. The second-order valence-corrected chi connectivity index (χ2v) is 6.29. The molecule has 2 aromatic rings. The first kappa shape index (κ1) is 12.5. The van der Waals surface area contributed by atoms with E-state index in [4.69, 9.17) is 4.74 Å². The number of rotatable bonds is 2. The van der Waals surface area contributed by atoms with Crippen LogP contribution in [0.15, 0.2) is 18.2 Å². The van der Waals surface area contributed by atoms with Gasteiger partial charge in [-0.2, -0.15) is 0 Å². The maximum atomic E-state index is 5.47. The summed E-state index contributed by atoms with van der Waals surface area (Å²) in [5, 5.41) is 4.77. The number of ether oxygens (including phenoxy) is 1. The van der Waals surface area contributed by atoms with Crippen LogP contribution in [0.3, 0.4) is 0 Å². The molecule has 102 valence electrons. The molecule has 1 heterocycles. The summed E-state index contributed by atoms with van der Waals surface area (Å²) < 4.78 is 5.47. The van der Waals surface area contributed by atoms with E-state index in [1.54, 1.807) is 7.11 Å². The number of benzene rings is 1. The Morgan fingerprint density at radius 1 is 1.37 bits per heavy atom. The molecule has 0 aliphatic heterocycles. The van der Waals surface area contributed by atoms with Crippen molar-refractivity contribution >= 4 is 10.9 Å². The molecule has 3 rings (SSSR count). The smallest absolute Gasteiger partial charge is 0.142 e. The van der Waals surface area contributed by atoms with Crippen molar-refractivity contribution in [3.63, 3.8) is 0 Å². The Bertz CT molecular complexity index is 612. The Balaban J connectivity index is 2.25. The Morgan fingerprint density at radius 2 is 2.16 bits per heavy atom. The molecule has 1 unspecified atom stereocenters. The molecule has 19 heavy (non-hydrogen) atoms. The van der Waals surface area contributed by atoms with Crippen molar-refractivity contribution in [3.05, 3.63) is 29.5 Å². The normalized spacial score (nSPS) is 21.4. The molecule has 1 aliphatic rings. The number of H-pyrrole nitrogens is 1. The molecule has 3 heteroatoms. The van der Waals surface area contributed by atoms with Gasteiger partial charge in [-0.1, -0.05) is 26.0 Å². The van der Waals surface area contributed by atoms with Crippen LogP contribution in [0.5, 0.6) is 5.75 Å². The Morgan fingerprint density at radius 3 is 2.84 bits per heavy atom. The first-order valence-corrected chi connectivity index (χ1v) is 6.90. The zero-order chi connectivity index (χ0) is 13.6. The number of para-hydroxylation sites is 1. The fourth-order valence-corrected chi connectivity index (χ4v) is 3.42. The molecule has 1 aliphatic carbocycles. The minimum Gasteiger partial charge on any atom is -0.495 e. The highest BCUT2D eigenvalue weighted by atomic mass is 16.5. The maximum Gasteiger partial charge on any atom is 0.142 e. The van der Waals surface area contributed by atoms with Crippen LogP contribution >= 0.6 is 0 Å². The molecule has 3 nitrogen and oxygen atoms in total. The number of hydrogen-bond acceptors (Lipinski definition) is 2. The van der Waals surface area contributed by atoms with Gasteiger partial charge in [0.2, 0.25) is 0 Å². The Labute approximate surface area is 114 Å². The summed E-state index contributed by atoms with van der Waals surface area (Å²) in [7, 11) is 3.78. The zero-order valence-electron chi connectivity index (χ0n) is 12.1. The van der Waals surface area contributed by atoms with Crippen molar-refractivity contribution in [2.45, 2.75) is 32.7 Å². The number of aromatic nitrogens is 1. The molecule has 0 fully saturated rings. The maximum absolute atomic E-state index is 5.47. The van der Waals surface area contributed by atoms with E-state index in [1.165, 1.54) is 23.1 Å². The monoisotopic (exact) mass is 258 g/mol. The first-order chi connectivity index (χ1) is 9.05. The highest BCUT2D eigenvalue weighted by Gasteiger charge is 2.34. The minimum atomic E-state index is 0.328. The van der Waals surface area contributed by atoms with E-state index in [1.807, 2.05) is 6.07 Å². The quantitative estimate of drug-likeness (QED) is 0.866. The van der Waals surface area contributed by atoms with Crippen LogP contribution in [0, 0.1) is 5.41 Å². The topological polar surface area (TPSA) is 37.0 Å². The van der Waals surface area contributed by atoms with Gasteiger partial charge in [0.15, 0.2) is 0 Å². The lowest BCUT2D eigenvalue weighted by Gasteiger charge is -2.35. The van der Waals surface area contributed by atoms with E-state index in [2.05, 4.69) is 43.3 Å². The van der Waals surface area contributed by atoms with Gasteiger partial charge in [0.1, 0.15) is 5.75 Å². The average Bonchev–Trinajstić information content (AvgIpc) is 2.73. The molecule has 2 N–H and O–H groups in total. The van der Waals surface area contributed by atoms with Crippen LogP contribution in [0.1, 0.15) is 37.6 Å². The summed E-state index contributed by atoms with van der Waals surface area (Å²) in [4.78, 5) is 3.59. The summed E-state index contributed by atoms with van der Waals surface area (Å²) in [6.45, 7) is 4.67. The summed E-state index contributed by atoms with van der Waals surface area (Å²) >= 11 is 0. The Kier molecular flexibility index (Phi) is 2.82. The summed E-state index contributed by atoms with van der Waals surface area (Å²) in [6.07, 6.45) is 2.26. The molecule has 0 saturated carbocycles. The minimum absolute atomic E-state index is 0.328. The Hall–Kier alpha value is -1.48. The molecule has 0 saturated heterocycles. The summed E-state index contributed by atoms with van der Waals surface area (Å²) in [5.74, 6) is 0.930. The number of methoxy groups -OCH3 is 1. The summed E-state index contributed by atoms with van der Waals surface area (Å²) in [5.41, 5.74) is 4.24. The van der Waals surface area contributed by atoms with Crippen LogP contribution in [0.4, 0.5) is 0 Å². The molecule has 0 spiro atoms. The van der Waals surface area contributed by atoms with Gasteiger partial charge in [-0.25, -0.2) is 0 Å². The standard InChI is InChI=1S/C16H22N2O/c1-16(2)8-11(17-3)14-10-6-5-7-13(19-4)15(10)18-12(14)9-16/h5-7,11,17-18H,8-9H2,1-4H3. The molecule has 0 amide bonds. The third-order valence-corrected chi connectivity index (χ3v) is 4.25. The first-order valence-electron chi connectivity index (χ1n) is 6.90. The highest BCUT2D eigenvalue weighted by Crippen LogP contribution is 2.44. The molecule has 0 bridgehead atoms. The van der Waals surface area contributed by atoms with Crippen molar-refractivity contribution in [1.82, 2.24) is 10.3 Å².